The molecular formula is C12H19N. The molecule has 0 fully saturated rings. The molecule has 1 nitrogen and oxygen atoms in total. The molecule has 13 heavy (non-hydrogen) atoms. The van der Waals surface area contributed by atoms with Crippen LogP contribution in [0, 0.1) is 6.85 Å². The molecular weight excluding hydrogens is 158 g/mol. The van der Waals surface area contributed by atoms with Gasteiger partial charge >= 0.3 is 0 Å². The summed E-state index contributed by atoms with van der Waals surface area (Å²) >= 11 is 0. The van der Waals surface area contributed by atoms with Gasteiger partial charge in [0.15, 0.2) is 0 Å². The van der Waals surface area contributed by atoms with Crippen molar-refractivity contribution in [3.05, 3.63) is 29.1 Å². The molecule has 1 aromatic rings. The van der Waals surface area contributed by atoms with Gasteiger partial charge in [0, 0.05) is 18.2 Å². The summed E-state index contributed by atoms with van der Waals surface area (Å²) < 4.78 is 37.7. The molecule has 1 aromatic heterocycles. The molecule has 72 valence electrons. The number of nitrogens with zero attached hydrogens (tertiary/aromatic N) is 1. The smallest absolute Gasteiger partial charge is 0.0441 e. The lowest BCUT2D eigenvalue weighted by Crippen LogP contribution is -2.15. The summed E-state index contributed by atoms with van der Waals surface area (Å²) in [6.07, 6.45) is -1.66. The highest BCUT2D eigenvalue weighted by molar-refractivity contribution is 5.29. The average Bonchev–Trinajstić information content (AvgIpc) is 2.12. The van der Waals surface area contributed by atoms with E-state index >= 15 is 0 Å². The van der Waals surface area contributed by atoms with Crippen molar-refractivity contribution in [2.75, 3.05) is 0 Å². The number of aryl methyl sites for hydroxylation is 2. The Morgan fingerprint density at radius 1 is 1.46 bits per heavy atom. The van der Waals surface area contributed by atoms with Crippen molar-refractivity contribution in [3.63, 3.8) is 0 Å². The predicted octanol–water partition coefficient (Wildman–Crippen LogP) is 3.25. The molecule has 0 aliphatic heterocycles. The van der Waals surface area contributed by atoms with E-state index in [0.29, 0.717) is 0 Å². The second kappa shape index (κ2) is 3.49. The normalized spacial score (nSPS) is 19.5. The van der Waals surface area contributed by atoms with E-state index in [4.69, 9.17) is 6.85 Å². The van der Waals surface area contributed by atoms with Gasteiger partial charge in [0.2, 0.25) is 0 Å². The van der Waals surface area contributed by atoms with Crippen molar-refractivity contribution in [2.24, 2.45) is 0 Å². The first-order valence-corrected chi connectivity index (χ1v) is 4.36. The summed E-state index contributed by atoms with van der Waals surface area (Å²) in [6, 6.07) is 3.13. The summed E-state index contributed by atoms with van der Waals surface area (Å²) in [5.74, 6) is 0. The summed E-state index contributed by atoms with van der Waals surface area (Å²) in [5, 5.41) is 0. The quantitative estimate of drug-likeness (QED) is 0.649. The van der Waals surface area contributed by atoms with E-state index in [1.165, 1.54) is 13.0 Å². The molecule has 0 saturated carbocycles. The van der Waals surface area contributed by atoms with Crippen LogP contribution in [0.15, 0.2) is 12.1 Å². The molecule has 0 aliphatic rings. The van der Waals surface area contributed by atoms with E-state index < -0.39 is 13.2 Å². The zero-order chi connectivity index (χ0) is 14.4. The van der Waals surface area contributed by atoms with Gasteiger partial charge in [-0.3, -0.25) is 4.98 Å². The maximum atomic E-state index is 7.82. The van der Waals surface area contributed by atoms with Crippen LogP contribution in [0.25, 0.3) is 0 Å². The summed E-state index contributed by atoms with van der Waals surface area (Å²) in [7, 11) is 0. The fourth-order valence-corrected chi connectivity index (χ4v) is 1.25. The highest BCUT2D eigenvalue weighted by atomic mass is 14.7. The van der Waals surface area contributed by atoms with E-state index in [0.717, 1.165) is 5.56 Å². The third-order valence-electron chi connectivity index (χ3n) is 1.94. The van der Waals surface area contributed by atoms with Crippen LogP contribution in [0.3, 0.4) is 0 Å². The first-order chi connectivity index (χ1) is 7.83. The van der Waals surface area contributed by atoms with Gasteiger partial charge in [0.1, 0.15) is 0 Å². The Labute approximate surface area is 88.2 Å². The van der Waals surface area contributed by atoms with Gasteiger partial charge in [-0.15, -0.1) is 0 Å². The molecule has 0 aliphatic carbocycles. The highest BCUT2D eigenvalue weighted by Gasteiger charge is 2.17. The molecule has 1 rings (SSSR count). The number of pyridine rings is 1. The molecule has 0 aromatic carbocycles. The summed E-state index contributed by atoms with van der Waals surface area (Å²) in [4.78, 5) is 4.04. The van der Waals surface area contributed by atoms with E-state index in [9.17, 15) is 0 Å². The standard InChI is InChI=1S/C12H19N/c1-6-11-10(12(3,4)5)8-7-9(2)13-11/h7-8H,6H2,1-5H3/i2D3,6D2. The Hall–Kier alpha value is -0.850. The Morgan fingerprint density at radius 3 is 2.62 bits per heavy atom. The van der Waals surface area contributed by atoms with Crippen molar-refractivity contribution >= 4 is 0 Å². The Morgan fingerprint density at radius 2 is 2.15 bits per heavy atom. The van der Waals surface area contributed by atoms with Crippen LogP contribution in [0.5, 0.6) is 0 Å². The number of hydrogen-bond acceptors (Lipinski definition) is 1. The number of rotatable bonds is 1. The zero-order valence-electron chi connectivity index (χ0n) is 13.6. The average molecular weight is 182 g/mol. The molecule has 0 amide bonds. The van der Waals surface area contributed by atoms with E-state index in [1.807, 2.05) is 20.8 Å². The monoisotopic (exact) mass is 182 g/mol. The second-order valence-corrected chi connectivity index (χ2v) is 4.09. The first kappa shape index (κ1) is 5.14. The second-order valence-electron chi connectivity index (χ2n) is 4.09. The predicted molar refractivity (Wildman–Crippen MR) is 57.1 cm³/mol. The van der Waals surface area contributed by atoms with Crippen molar-refractivity contribution in [1.82, 2.24) is 4.98 Å². The fraction of sp³-hybridized carbons (Fsp3) is 0.583. The van der Waals surface area contributed by atoms with Gasteiger partial charge in [-0.25, -0.2) is 0 Å². The maximum Gasteiger partial charge on any atom is 0.0441 e. The van der Waals surface area contributed by atoms with Gasteiger partial charge in [0.25, 0.3) is 0 Å². The number of hydrogen-bond donors (Lipinski definition) is 0. The van der Waals surface area contributed by atoms with Crippen LogP contribution in [0.4, 0.5) is 0 Å². The third kappa shape index (κ3) is 2.30. The lowest BCUT2D eigenvalue weighted by atomic mass is 9.85. The van der Waals surface area contributed by atoms with E-state index in [2.05, 4.69) is 4.98 Å². The number of aromatic nitrogens is 1. The van der Waals surface area contributed by atoms with Gasteiger partial charge in [-0.1, -0.05) is 33.8 Å². The fourth-order valence-electron chi connectivity index (χ4n) is 1.25. The van der Waals surface area contributed by atoms with Crippen molar-refractivity contribution in [2.45, 2.75) is 46.3 Å². The van der Waals surface area contributed by atoms with Crippen LogP contribution in [0.2, 0.25) is 0 Å². The molecule has 1 heterocycles. The minimum atomic E-state index is -2.31. The maximum absolute atomic E-state index is 7.82. The molecule has 0 N–H and O–H groups in total. The van der Waals surface area contributed by atoms with Crippen LogP contribution in [-0.2, 0) is 11.8 Å². The lowest BCUT2D eigenvalue weighted by Gasteiger charge is -2.21. The molecule has 0 bridgehead atoms. The van der Waals surface area contributed by atoms with Crippen molar-refractivity contribution < 1.29 is 6.85 Å². The van der Waals surface area contributed by atoms with E-state index in [1.54, 1.807) is 6.07 Å². The van der Waals surface area contributed by atoms with Crippen molar-refractivity contribution in [3.8, 4) is 0 Å². The van der Waals surface area contributed by atoms with Crippen LogP contribution >= 0.6 is 0 Å². The molecule has 0 unspecified atom stereocenters. The van der Waals surface area contributed by atoms with Crippen molar-refractivity contribution in [1.29, 1.82) is 0 Å². The van der Waals surface area contributed by atoms with Gasteiger partial charge in [0.05, 0.1) is 0 Å². The Balaban J connectivity index is 3.50. The highest BCUT2D eigenvalue weighted by Crippen LogP contribution is 2.25. The summed E-state index contributed by atoms with van der Waals surface area (Å²) in [6.45, 7) is 4.95. The Bertz CT molecular complexity index is 437. The van der Waals surface area contributed by atoms with Crippen LogP contribution in [-0.4, -0.2) is 4.98 Å². The molecule has 0 atom stereocenters. The van der Waals surface area contributed by atoms with Gasteiger partial charge in [-0.05, 0) is 30.3 Å². The summed E-state index contributed by atoms with van der Waals surface area (Å²) in [5.41, 5.74) is 0.613. The van der Waals surface area contributed by atoms with Crippen LogP contribution < -0.4 is 0 Å². The van der Waals surface area contributed by atoms with Crippen LogP contribution in [0.1, 0.15) is 51.5 Å². The largest absolute Gasteiger partial charge is 0.258 e. The molecule has 0 saturated heterocycles. The topological polar surface area (TPSA) is 12.9 Å². The molecule has 0 spiro atoms. The first-order valence-electron chi connectivity index (χ1n) is 6.86. The minimum Gasteiger partial charge on any atom is -0.258 e. The van der Waals surface area contributed by atoms with Gasteiger partial charge < -0.3 is 0 Å². The van der Waals surface area contributed by atoms with E-state index in [-0.39, 0.29) is 16.8 Å². The van der Waals surface area contributed by atoms with Gasteiger partial charge in [-0.2, -0.15) is 0 Å². The zero-order valence-corrected chi connectivity index (χ0v) is 8.60. The molecule has 1 heteroatoms. The SMILES string of the molecule is [2H]C([2H])([2H])c1ccc(C(C)(C)C)c(C([2H])([2H])C)n1. The Kier molecular flexibility index (Phi) is 1.38. The lowest BCUT2D eigenvalue weighted by molar-refractivity contribution is 0.578. The third-order valence-corrected chi connectivity index (χ3v) is 1.94. The minimum absolute atomic E-state index is 0.0591. The molecule has 0 radical (unpaired) electrons.